The third kappa shape index (κ3) is 2.89. The quantitative estimate of drug-likeness (QED) is 0.211. The first kappa shape index (κ1) is 19.0. The molecule has 0 fully saturated rings. The first-order chi connectivity index (χ1) is 14.8. The molecule has 8 nitrogen and oxygen atoms in total. The van der Waals surface area contributed by atoms with Crippen LogP contribution in [0.5, 0.6) is 28.7 Å². The van der Waals surface area contributed by atoms with Crippen molar-refractivity contribution >= 4 is 28.3 Å². The van der Waals surface area contributed by atoms with Crippen molar-refractivity contribution in [2.75, 3.05) is 0 Å². The second-order valence-corrected chi connectivity index (χ2v) is 8.05. The number of carbonyl (C=O) groups is 1. The van der Waals surface area contributed by atoms with E-state index in [1.807, 2.05) is 17.5 Å². The van der Waals surface area contributed by atoms with Gasteiger partial charge in [-0.05, 0) is 29.6 Å². The summed E-state index contributed by atoms with van der Waals surface area (Å²) in [5.41, 5.74) is -0.391. The first-order valence-electron chi connectivity index (χ1n) is 9.17. The highest BCUT2D eigenvalue weighted by Gasteiger charge is 2.35. The molecule has 0 radical (unpaired) electrons. The second kappa shape index (κ2) is 6.78. The van der Waals surface area contributed by atoms with E-state index in [2.05, 4.69) is 0 Å². The number of hydrogen-bond donors (Lipinski definition) is 4. The SMILES string of the molecule is O=C1C[C@@H](c2cccs2)c2c(cc(O)c3c(=O)c(O)c(-c4ccc(O)c(O)c4)oc23)O1. The molecular formula is C22H14O8S. The van der Waals surface area contributed by atoms with E-state index < -0.39 is 34.6 Å². The third-order valence-electron chi connectivity index (χ3n) is 5.19. The topological polar surface area (TPSA) is 137 Å². The van der Waals surface area contributed by atoms with Crippen molar-refractivity contribution < 1.29 is 34.4 Å². The molecule has 2 aromatic carbocycles. The van der Waals surface area contributed by atoms with E-state index in [1.54, 1.807) is 0 Å². The van der Waals surface area contributed by atoms with E-state index in [0.29, 0.717) is 5.56 Å². The van der Waals surface area contributed by atoms with Gasteiger partial charge in [0.25, 0.3) is 0 Å². The molecule has 0 unspecified atom stereocenters. The Kier molecular flexibility index (Phi) is 4.16. The van der Waals surface area contributed by atoms with Gasteiger partial charge in [-0.15, -0.1) is 11.3 Å². The molecule has 9 heteroatoms. The lowest BCUT2D eigenvalue weighted by molar-refractivity contribution is -0.135. The number of benzene rings is 2. The van der Waals surface area contributed by atoms with Crippen LogP contribution in [0.1, 0.15) is 22.8 Å². The number of rotatable bonds is 2. The molecule has 0 bridgehead atoms. The average Bonchev–Trinajstić information content (AvgIpc) is 3.26. The van der Waals surface area contributed by atoms with E-state index in [-0.39, 0.29) is 40.2 Å². The van der Waals surface area contributed by atoms with Crippen LogP contribution in [-0.2, 0) is 4.79 Å². The summed E-state index contributed by atoms with van der Waals surface area (Å²) in [7, 11) is 0. The molecular weight excluding hydrogens is 424 g/mol. The summed E-state index contributed by atoms with van der Waals surface area (Å²) in [5, 5.41) is 41.9. The fraction of sp³-hybridized carbons (Fsp3) is 0.0909. The molecule has 3 heterocycles. The van der Waals surface area contributed by atoms with Gasteiger partial charge in [-0.1, -0.05) is 6.07 Å². The van der Waals surface area contributed by atoms with E-state index >= 15 is 0 Å². The number of phenolic OH excluding ortho intramolecular Hbond substituents is 3. The van der Waals surface area contributed by atoms with Gasteiger partial charge in [0.2, 0.25) is 11.2 Å². The number of hydrogen-bond acceptors (Lipinski definition) is 9. The van der Waals surface area contributed by atoms with Crippen LogP contribution < -0.4 is 10.2 Å². The molecule has 31 heavy (non-hydrogen) atoms. The molecule has 4 N–H and O–H groups in total. The predicted molar refractivity (Wildman–Crippen MR) is 111 cm³/mol. The lowest BCUT2D eigenvalue weighted by atomic mass is 9.89. The van der Waals surface area contributed by atoms with Gasteiger partial charge < -0.3 is 29.6 Å². The Bertz CT molecular complexity index is 1420. The van der Waals surface area contributed by atoms with Crippen LogP contribution in [0.3, 0.4) is 0 Å². The lowest BCUT2D eigenvalue weighted by Gasteiger charge is -2.25. The standard InChI is InChI=1S/C22H14O8S/c23-11-4-3-9(6-12(11)24)21-20(28)19(27)18-13(25)8-14-17(22(18)30-21)10(7-16(26)29-14)15-2-1-5-31-15/h1-6,8,10,23-25,28H,7H2/t10-/m0/s1. The molecule has 4 aromatic rings. The Hall–Kier alpha value is -3.98. The van der Waals surface area contributed by atoms with E-state index in [4.69, 9.17) is 9.15 Å². The van der Waals surface area contributed by atoms with Gasteiger partial charge in [0, 0.05) is 28.0 Å². The minimum atomic E-state index is -0.883. The minimum Gasteiger partial charge on any atom is -0.507 e. The highest BCUT2D eigenvalue weighted by Crippen LogP contribution is 2.48. The highest BCUT2D eigenvalue weighted by molar-refractivity contribution is 7.10. The van der Waals surface area contributed by atoms with Crippen LogP contribution in [0.15, 0.2) is 51.0 Å². The largest absolute Gasteiger partial charge is 0.507 e. The molecule has 0 saturated heterocycles. The zero-order valence-electron chi connectivity index (χ0n) is 15.7. The molecule has 0 spiro atoms. The summed E-state index contributed by atoms with van der Waals surface area (Å²) in [6.07, 6.45) is 0.00725. The van der Waals surface area contributed by atoms with E-state index in [9.17, 15) is 30.0 Å². The van der Waals surface area contributed by atoms with E-state index in [0.717, 1.165) is 17.0 Å². The number of carbonyl (C=O) groups excluding carboxylic acids is 1. The summed E-state index contributed by atoms with van der Waals surface area (Å²) in [6, 6.07) is 8.50. The average molecular weight is 438 g/mol. The Balaban J connectivity index is 1.87. The highest BCUT2D eigenvalue weighted by atomic mass is 32.1. The summed E-state index contributed by atoms with van der Waals surface area (Å²) >= 11 is 1.42. The molecule has 156 valence electrons. The van der Waals surface area contributed by atoms with Crippen LogP contribution in [0.4, 0.5) is 0 Å². The number of aromatic hydroxyl groups is 4. The van der Waals surface area contributed by atoms with Crippen molar-refractivity contribution in [2.45, 2.75) is 12.3 Å². The van der Waals surface area contributed by atoms with Crippen molar-refractivity contribution in [2.24, 2.45) is 0 Å². The molecule has 0 amide bonds. The molecule has 1 aliphatic rings. The molecule has 0 saturated carbocycles. The van der Waals surface area contributed by atoms with Crippen molar-refractivity contribution in [1.82, 2.24) is 0 Å². The number of fused-ring (bicyclic) bond motifs is 3. The Morgan fingerprint density at radius 1 is 0.968 bits per heavy atom. The van der Waals surface area contributed by atoms with Gasteiger partial charge in [0.15, 0.2) is 17.3 Å². The maximum absolute atomic E-state index is 13.0. The molecule has 1 atom stereocenters. The predicted octanol–water partition coefficient (Wildman–Crippen LogP) is 3.78. The van der Waals surface area contributed by atoms with Crippen molar-refractivity contribution in [1.29, 1.82) is 0 Å². The smallest absolute Gasteiger partial charge is 0.312 e. The second-order valence-electron chi connectivity index (χ2n) is 7.07. The van der Waals surface area contributed by atoms with Gasteiger partial charge >= 0.3 is 5.97 Å². The summed E-state index contributed by atoms with van der Waals surface area (Å²) in [6.45, 7) is 0. The van der Waals surface area contributed by atoms with Gasteiger partial charge in [-0.2, -0.15) is 0 Å². The van der Waals surface area contributed by atoms with Crippen molar-refractivity contribution in [3.05, 3.63) is 62.4 Å². The molecule has 0 aliphatic carbocycles. The summed E-state index contributed by atoms with van der Waals surface area (Å²) < 4.78 is 11.2. The van der Waals surface area contributed by atoms with Gasteiger partial charge in [0.1, 0.15) is 22.5 Å². The molecule has 5 rings (SSSR count). The van der Waals surface area contributed by atoms with Gasteiger partial charge in [-0.25, -0.2) is 0 Å². The number of phenols is 3. The molecule has 1 aliphatic heterocycles. The van der Waals surface area contributed by atoms with Crippen LogP contribution >= 0.6 is 11.3 Å². The van der Waals surface area contributed by atoms with Crippen LogP contribution in [0.25, 0.3) is 22.3 Å². The van der Waals surface area contributed by atoms with Crippen molar-refractivity contribution in [3.8, 4) is 40.1 Å². The minimum absolute atomic E-state index is 0.00725. The number of ether oxygens (including phenoxy) is 1. The van der Waals surface area contributed by atoms with Crippen LogP contribution in [0, 0.1) is 0 Å². The third-order valence-corrected chi connectivity index (χ3v) is 6.18. The number of thiophene rings is 1. The zero-order valence-corrected chi connectivity index (χ0v) is 16.5. The fourth-order valence-electron chi connectivity index (χ4n) is 3.77. The first-order valence-corrected chi connectivity index (χ1v) is 10.0. The summed E-state index contributed by atoms with van der Waals surface area (Å²) in [4.78, 5) is 26.0. The Morgan fingerprint density at radius 3 is 2.48 bits per heavy atom. The van der Waals surface area contributed by atoms with Crippen LogP contribution in [-0.4, -0.2) is 26.4 Å². The van der Waals surface area contributed by atoms with Gasteiger partial charge in [0.05, 0.1) is 6.42 Å². The normalized spacial score (nSPS) is 15.6. The zero-order chi connectivity index (χ0) is 21.9. The van der Waals surface area contributed by atoms with E-state index in [1.165, 1.54) is 23.5 Å². The fourth-order valence-corrected chi connectivity index (χ4v) is 4.61. The maximum atomic E-state index is 13.0. The Labute approximate surface area is 177 Å². The number of esters is 1. The Morgan fingerprint density at radius 2 is 1.77 bits per heavy atom. The summed E-state index contributed by atoms with van der Waals surface area (Å²) in [5.74, 6) is -3.29. The molecule has 2 aromatic heterocycles. The van der Waals surface area contributed by atoms with Crippen molar-refractivity contribution in [3.63, 3.8) is 0 Å². The van der Waals surface area contributed by atoms with Crippen LogP contribution in [0.2, 0.25) is 0 Å². The van der Waals surface area contributed by atoms with Gasteiger partial charge in [-0.3, -0.25) is 9.59 Å². The monoisotopic (exact) mass is 438 g/mol. The maximum Gasteiger partial charge on any atom is 0.312 e. The lowest BCUT2D eigenvalue weighted by Crippen LogP contribution is -2.21.